The fraction of sp³-hybridized carbons (Fsp3) is 0.533. The van der Waals surface area contributed by atoms with Crippen molar-refractivity contribution >= 4 is 21.9 Å². The Morgan fingerprint density at radius 3 is 2.95 bits per heavy atom. The average molecular weight is 356 g/mol. The average Bonchev–Trinajstić information content (AvgIpc) is 2.76. The van der Waals surface area contributed by atoms with Gasteiger partial charge >= 0.3 is 5.97 Å². The molecule has 0 bridgehead atoms. The van der Waals surface area contributed by atoms with Gasteiger partial charge in [0.25, 0.3) is 0 Å². The van der Waals surface area contributed by atoms with Gasteiger partial charge < -0.3 is 14.6 Å². The van der Waals surface area contributed by atoms with Crippen LogP contribution in [-0.2, 0) is 11.3 Å². The predicted octanol–water partition coefficient (Wildman–Crippen LogP) is 2.52. The molecule has 1 N–H and O–H groups in total. The van der Waals surface area contributed by atoms with Gasteiger partial charge in [-0.2, -0.15) is 0 Å². The van der Waals surface area contributed by atoms with E-state index in [9.17, 15) is 4.79 Å². The number of likely N-dealkylation sites (tertiary alicyclic amines) is 1. The third-order valence-corrected chi connectivity index (χ3v) is 4.48. The maximum atomic E-state index is 11.0. The summed E-state index contributed by atoms with van der Waals surface area (Å²) in [5, 5.41) is 9.06. The van der Waals surface area contributed by atoms with Crippen LogP contribution >= 0.6 is 15.9 Å². The zero-order valence-corrected chi connectivity index (χ0v) is 13.3. The minimum absolute atomic E-state index is 0.242. The van der Waals surface area contributed by atoms with Gasteiger partial charge in [0.05, 0.1) is 23.6 Å². The van der Waals surface area contributed by atoms with E-state index >= 15 is 0 Å². The lowest BCUT2D eigenvalue weighted by atomic mass is 10.1. The van der Waals surface area contributed by atoms with Crippen LogP contribution in [0, 0.1) is 5.92 Å². The highest BCUT2D eigenvalue weighted by Crippen LogP contribution is 2.38. The molecule has 1 fully saturated rings. The van der Waals surface area contributed by atoms with Crippen LogP contribution in [0.2, 0.25) is 0 Å². The van der Waals surface area contributed by atoms with Crippen molar-refractivity contribution in [3.05, 3.63) is 22.2 Å². The summed E-state index contributed by atoms with van der Waals surface area (Å²) in [7, 11) is 0. The molecule has 3 rings (SSSR count). The number of aliphatic carboxylic acids is 1. The molecule has 1 aromatic rings. The third kappa shape index (κ3) is 3.32. The maximum Gasteiger partial charge on any atom is 0.307 e. The van der Waals surface area contributed by atoms with Crippen molar-refractivity contribution in [3.8, 4) is 11.5 Å². The summed E-state index contributed by atoms with van der Waals surface area (Å²) in [5.41, 5.74) is 1.11. The minimum Gasteiger partial charge on any atom is -0.490 e. The number of ether oxygens (including phenoxy) is 2. The van der Waals surface area contributed by atoms with Crippen molar-refractivity contribution in [1.82, 2.24) is 4.90 Å². The lowest BCUT2D eigenvalue weighted by Crippen LogP contribution is -2.22. The van der Waals surface area contributed by atoms with E-state index in [1.165, 1.54) is 0 Å². The molecule has 0 aliphatic carbocycles. The van der Waals surface area contributed by atoms with E-state index < -0.39 is 5.97 Å². The molecule has 2 heterocycles. The van der Waals surface area contributed by atoms with Crippen molar-refractivity contribution in [2.24, 2.45) is 5.92 Å². The van der Waals surface area contributed by atoms with Gasteiger partial charge in [-0.15, -0.1) is 0 Å². The first-order valence-electron chi connectivity index (χ1n) is 7.16. The number of carbonyl (C=O) groups is 1. The molecule has 21 heavy (non-hydrogen) atoms. The Bertz CT molecular complexity index is 549. The number of nitrogens with zero attached hydrogens (tertiary/aromatic N) is 1. The zero-order valence-electron chi connectivity index (χ0n) is 11.7. The number of carboxylic acids is 1. The quantitative estimate of drug-likeness (QED) is 0.902. The van der Waals surface area contributed by atoms with Gasteiger partial charge in [0.15, 0.2) is 11.5 Å². The first kappa shape index (κ1) is 14.7. The van der Waals surface area contributed by atoms with Crippen LogP contribution in [0.5, 0.6) is 11.5 Å². The Labute approximate surface area is 132 Å². The van der Waals surface area contributed by atoms with Gasteiger partial charge in [-0.05, 0) is 46.6 Å². The van der Waals surface area contributed by atoms with Crippen LogP contribution in [0.3, 0.4) is 0 Å². The van der Waals surface area contributed by atoms with E-state index in [0.29, 0.717) is 19.8 Å². The van der Waals surface area contributed by atoms with Gasteiger partial charge in [0, 0.05) is 19.5 Å². The van der Waals surface area contributed by atoms with Gasteiger partial charge in [-0.3, -0.25) is 9.69 Å². The van der Waals surface area contributed by atoms with Crippen molar-refractivity contribution < 1.29 is 19.4 Å². The van der Waals surface area contributed by atoms with Gasteiger partial charge in [-0.1, -0.05) is 0 Å². The molecule has 5 nitrogen and oxygen atoms in total. The van der Waals surface area contributed by atoms with Gasteiger partial charge in [0.1, 0.15) is 0 Å². The monoisotopic (exact) mass is 355 g/mol. The maximum absolute atomic E-state index is 11.0. The number of hydrogen-bond acceptors (Lipinski definition) is 4. The smallest absolute Gasteiger partial charge is 0.307 e. The molecular formula is C15H18BrNO4. The molecule has 0 saturated carbocycles. The lowest BCUT2D eigenvalue weighted by Gasteiger charge is -2.17. The van der Waals surface area contributed by atoms with E-state index in [1.54, 1.807) is 0 Å². The van der Waals surface area contributed by atoms with E-state index in [1.807, 2.05) is 12.1 Å². The second-order valence-electron chi connectivity index (χ2n) is 5.51. The molecular weight excluding hydrogens is 338 g/mol. The summed E-state index contributed by atoms with van der Waals surface area (Å²) in [5.74, 6) is 0.595. The summed E-state index contributed by atoms with van der Waals surface area (Å²) in [6.45, 7) is 3.49. The molecule has 1 aromatic carbocycles. The molecule has 0 amide bonds. The minimum atomic E-state index is -0.697. The molecule has 2 aliphatic heterocycles. The number of halogens is 1. The Morgan fingerprint density at radius 2 is 2.19 bits per heavy atom. The topological polar surface area (TPSA) is 59.0 Å². The van der Waals surface area contributed by atoms with Crippen LogP contribution in [-0.4, -0.2) is 42.3 Å². The van der Waals surface area contributed by atoms with E-state index in [2.05, 4.69) is 20.8 Å². The summed E-state index contributed by atoms with van der Waals surface area (Å²) in [6.07, 6.45) is 1.60. The second-order valence-corrected chi connectivity index (χ2v) is 6.37. The first-order chi connectivity index (χ1) is 10.1. The fourth-order valence-corrected chi connectivity index (χ4v) is 3.42. The largest absolute Gasteiger partial charge is 0.490 e. The normalized spacial score (nSPS) is 22.0. The van der Waals surface area contributed by atoms with Crippen LogP contribution in [0.4, 0.5) is 0 Å². The highest BCUT2D eigenvalue weighted by Gasteiger charge is 2.28. The van der Waals surface area contributed by atoms with Crippen molar-refractivity contribution in [2.45, 2.75) is 19.4 Å². The predicted molar refractivity (Wildman–Crippen MR) is 80.8 cm³/mol. The molecule has 1 unspecified atom stereocenters. The second kappa shape index (κ2) is 6.23. The number of benzene rings is 1. The van der Waals surface area contributed by atoms with Crippen molar-refractivity contribution in [1.29, 1.82) is 0 Å². The summed E-state index contributed by atoms with van der Waals surface area (Å²) < 4.78 is 12.3. The summed E-state index contributed by atoms with van der Waals surface area (Å²) >= 11 is 3.53. The van der Waals surface area contributed by atoms with E-state index in [-0.39, 0.29) is 5.92 Å². The van der Waals surface area contributed by atoms with Gasteiger partial charge in [-0.25, -0.2) is 0 Å². The Kier molecular flexibility index (Phi) is 4.35. The zero-order chi connectivity index (χ0) is 14.8. The van der Waals surface area contributed by atoms with E-state index in [4.69, 9.17) is 14.6 Å². The molecule has 0 spiro atoms. The molecule has 2 aliphatic rings. The van der Waals surface area contributed by atoms with E-state index in [0.717, 1.165) is 47.5 Å². The molecule has 6 heteroatoms. The van der Waals surface area contributed by atoms with Crippen molar-refractivity contribution in [2.75, 3.05) is 26.3 Å². The van der Waals surface area contributed by atoms with Crippen LogP contribution in [0.1, 0.15) is 18.4 Å². The van der Waals surface area contributed by atoms with Gasteiger partial charge in [0.2, 0.25) is 0 Å². The number of fused-ring (bicyclic) bond motifs is 1. The van der Waals surface area contributed by atoms with Crippen LogP contribution < -0.4 is 9.47 Å². The Morgan fingerprint density at radius 1 is 1.38 bits per heavy atom. The Balaban J connectivity index is 1.73. The highest BCUT2D eigenvalue weighted by atomic mass is 79.9. The number of carboxylic acid groups (broad SMARTS) is 1. The molecule has 114 valence electrons. The molecule has 1 atom stereocenters. The number of hydrogen-bond donors (Lipinski definition) is 1. The lowest BCUT2D eigenvalue weighted by molar-refractivity contribution is -0.141. The molecule has 1 saturated heterocycles. The van der Waals surface area contributed by atoms with Crippen LogP contribution in [0.15, 0.2) is 16.6 Å². The molecule has 0 aromatic heterocycles. The third-order valence-electron chi connectivity index (χ3n) is 3.89. The standard InChI is InChI=1S/C15H18BrNO4/c16-12-6-10(7-13-14(12)21-5-1-4-20-13)8-17-3-2-11(9-17)15(18)19/h6-7,11H,1-5,8-9H2,(H,18,19). The number of rotatable bonds is 3. The fourth-order valence-electron chi connectivity index (χ4n) is 2.81. The summed E-state index contributed by atoms with van der Waals surface area (Å²) in [6, 6.07) is 4.03. The SMILES string of the molecule is O=C(O)C1CCN(Cc2cc(Br)c3c(c2)OCCCO3)C1. The first-order valence-corrected chi connectivity index (χ1v) is 7.96. The molecule has 0 radical (unpaired) electrons. The van der Waals surface area contributed by atoms with Crippen molar-refractivity contribution in [3.63, 3.8) is 0 Å². The highest BCUT2D eigenvalue weighted by molar-refractivity contribution is 9.10. The summed E-state index contributed by atoms with van der Waals surface area (Å²) in [4.78, 5) is 13.2. The van der Waals surface area contributed by atoms with Crippen LogP contribution in [0.25, 0.3) is 0 Å². The Hall–Kier alpha value is -1.27.